The first-order valence-electron chi connectivity index (χ1n) is 7.28. The van der Waals surface area contributed by atoms with Gasteiger partial charge < -0.3 is 4.90 Å². The Morgan fingerprint density at radius 1 is 1.25 bits per heavy atom. The van der Waals surface area contributed by atoms with E-state index in [4.69, 9.17) is 11.6 Å². The fourth-order valence-electron chi connectivity index (χ4n) is 2.12. The first-order chi connectivity index (χ1) is 11.6. The summed E-state index contributed by atoms with van der Waals surface area (Å²) in [6.45, 7) is 0.503. The Balaban J connectivity index is 1.63. The van der Waals surface area contributed by atoms with Crippen LogP contribution >= 0.6 is 11.6 Å². The van der Waals surface area contributed by atoms with Gasteiger partial charge in [0.1, 0.15) is 6.54 Å². The van der Waals surface area contributed by atoms with Gasteiger partial charge in [-0.05, 0) is 41.1 Å². The number of pyridine rings is 1. The number of carbonyl (C=O) groups excluding carboxylic acids is 1. The number of amides is 1. The molecule has 0 spiro atoms. The number of aromatic nitrogens is 5. The molecule has 2 heterocycles. The van der Waals surface area contributed by atoms with Crippen molar-refractivity contribution in [2.75, 3.05) is 7.05 Å². The number of tetrazole rings is 1. The molecule has 0 saturated heterocycles. The molecule has 0 bridgehead atoms. The van der Waals surface area contributed by atoms with Gasteiger partial charge >= 0.3 is 0 Å². The van der Waals surface area contributed by atoms with Crippen molar-refractivity contribution >= 4 is 17.5 Å². The highest BCUT2D eigenvalue weighted by Crippen LogP contribution is 2.16. The van der Waals surface area contributed by atoms with Gasteiger partial charge in [-0.15, -0.1) is 10.2 Å². The summed E-state index contributed by atoms with van der Waals surface area (Å²) >= 11 is 5.86. The monoisotopic (exact) mass is 342 g/mol. The molecule has 0 N–H and O–H groups in total. The van der Waals surface area contributed by atoms with Gasteiger partial charge in [0.05, 0.1) is 0 Å². The first kappa shape index (κ1) is 16.1. The molecule has 0 radical (unpaired) electrons. The lowest BCUT2D eigenvalue weighted by atomic mass is 10.2. The molecule has 0 unspecified atom stereocenters. The van der Waals surface area contributed by atoms with Crippen molar-refractivity contribution in [1.82, 2.24) is 30.1 Å². The van der Waals surface area contributed by atoms with Crippen LogP contribution in [0.3, 0.4) is 0 Å². The van der Waals surface area contributed by atoms with E-state index in [-0.39, 0.29) is 12.5 Å². The van der Waals surface area contributed by atoms with Crippen molar-refractivity contribution in [2.24, 2.45) is 0 Å². The molecule has 24 heavy (non-hydrogen) atoms. The molecule has 8 heteroatoms. The second-order valence-electron chi connectivity index (χ2n) is 5.26. The minimum absolute atomic E-state index is 0.0252. The highest BCUT2D eigenvalue weighted by Gasteiger charge is 2.13. The zero-order chi connectivity index (χ0) is 16.9. The van der Waals surface area contributed by atoms with Gasteiger partial charge in [0.25, 0.3) is 0 Å². The fourth-order valence-corrected chi connectivity index (χ4v) is 2.25. The van der Waals surface area contributed by atoms with Crippen molar-refractivity contribution in [3.8, 4) is 11.4 Å². The molecule has 1 amide bonds. The number of hydrogen-bond acceptors (Lipinski definition) is 5. The molecule has 1 aromatic carbocycles. The van der Waals surface area contributed by atoms with Crippen molar-refractivity contribution in [1.29, 1.82) is 0 Å². The normalized spacial score (nSPS) is 10.6. The van der Waals surface area contributed by atoms with E-state index in [1.54, 1.807) is 48.6 Å². The number of hydrogen-bond donors (Lipinski definition) is 0. The van der Waals surface area contributed by atoms with Crippen LogP contribution in [-0.2, 0) is 17.9 Å². The fraction of sp³-hybridized carbons (Fsp3) is 0.188. The molecule has 2 aromatic heterocycles. The van der Waals surface area contributed by atoms with Crippen molar-refractivity contribution in [3.05, 3.63) is 59.4 Å². The molecule has 3 aromatic rings. The van der Waals surface area contributed by atoms with Crippen LogP contribution in [-0.4, -0.2) is 43.0 Å². The Hall–Kier alpha value is -2.80. The van der Waals surface area contributed by atoms with Crippen LogP contribution in [0.5, 0.6) is 0 Å². The molecule has 0 aliphatic rings. The lowest BCUT2D eigenvalue weighted by molar-refractivity contribution is -0.131. The van der Waals surface area contributed by atoms with Gasteiger partial charge in [0, 0.05) is 36.6 Å². The third-order valence-electron chi connectivity index (χ3n) is 3.40. The Labute approximate surface area is 143 Å². The molecule has 0 saturated carbocycles. The lowest BCUT2D eigenvalue weighted by Gasteiger charge is -2.16. The second kappa shape index (κ2) is 7.18. The SMILES string of the molecule is CN(Cc1cccnc1)C(=O)Cn1nnc(-c2ccc(Cl)cc2)n1. The van der Waals surface area contributed by atoms with Crippen LogP contribution in [0, 0.1) is 0 Å². The van der Waals surface area contributed by atoms with Crippen LogP contribution in [0.4, 0.5) is 0 Å². The van der Waals surface area contributed by atoms with E-state index in [1.807, 2.05) is 12.1 Å². The maximum Gasteiger partial charge on any atom is 0.246 e. The number of benzene rings is 1. The third-order valence-corrected chi connectivity index (χ3v) is 3.65. The average molecular weight is 343 g/mol. The minimum Gasteiger partial charge on any atom is -0.340 e. The molecule has 0 fully saturated rings. The van der Waals surface area contributed by atoms with Crippen molar-refractivity contribution < 1.29 is 4.79 Å². The molecule has 3 rings (SSSR count). The minimum atomic E-state index is -0.112. The maximum atomic E-state index is 12.3. The van der Waals surface area contributed by atoms with Gasteiger partial charge in [-0.3, -0.25) is 9.78 Å². The Bertz CT molecular complexity index is 818. The van der Waals surface area contributed by atoms with E-state index in [0.717, 1.165) is 11.1 Å². The molecule has 0 aliphatic heterocycles. The maximum absolute atomic E-state index is 12.3. The Morgan fingerprint density at radius 3 is 2.75 bits per heavy atom. The smallest absolute Gasteiger partial charge is 0.246 e. The summed E-state index contributed by atoms with van der Waals surface area (Å²) in [6, 6.07) is 10.9. The summed E-state index contributed by atoms with van der Waals surface area (Å²) in [5.41, 5.74) is 1.75. The number of nitrogens with zero attached hydrogens (tertiary/aromatic N) is 6. The third kappa shape index (κ3) is 3.94. The van der Waals surface area contributed by atoms with Gasteiger partial charge in [0.2, 0.25) is 11.7 Å². The first-order valence-corrected chi connectivity index (χ1v) is 7.66. The van der Waals surface area contributed by atoms with Crippen LogP contribution in [0.25, 0.3) is 11.4 Å². The molecule has 0 aliphatic carbocycles. The number of carbonyl (C=O) groups is 1. The number of likely N-dealkylation sites (N-methyl/N-ethyl adjacent to an activating group) is 1. The molecule has 0 atom stereocenters. The van der Waals surface area contributed by atoms with Crippen LogP contribution in [0.1, 0.15) is 5.56 Å². The predicted octanol–water partition coefficient (Wildman–Crippen LogP) is 2.05. The van der Waals surface area contributed by atoms with E-state index >= 15 is 0 Å². The largest absolute Gasteiger partial charge is 0.340 e. The summed E-state index contributed by atoms with van der Waals surface area (Å²) in [6.07, 6.45) is 3.43. The Kier molecular flexibility index (Phi) is 4.81. The summed E-state index contributed by atoms with van der Waals surface area (Å²) in [7, 11) is 1.73. The zero-order valence-corrected chi connectivity index (χ0v) is 13.8. The van der Waals surface area contributed by atoms with Crippen LogP contribution in [0.2, 0.25) is 5.02 Å². The van der Waals surface area contributed by atoms with E-state index < -0.39 is 0 Å². The number of rotatable bonds is 5. The summed E-state index contributed by atoms with van der Waals surface area (Å²) in [5, 5.41) is 12.8. The molecular weight excluding hydrogens is 328 g/mol. The van der Waals surface area contributed by atoms with E-state index in [2.05, 4.69) is 20.4 Å². The van der Waals surface area contributed by atoms with Gasteiger partial charge in [-0.1, -0.05) is 17.7 Å². The van der Waals surface area contributed by atoms with Crippen LogP contribution < -0.4 is 0 Å². The second-order valence-corrected chi connectivity index (χ2v) is 5.70. The highest BCUT2D eigenvalue weighted by molar-refractivity contribution is 6.30. The standard InChI is InChI=1S/C16H15ClN6O/c1-22(10-12-3-2-8-18-9-12)15(24)11-23-20-16(19-21-23)13-4-6-14(17)7-5-13/h2-9H,10-11H2,1H3. The summed E-state index contributed by atoms with van der Waals surface area (Å²) in [5.74, 6) is 0.341. The van der Waals surface area contributed by atoms with Gasteiger partial charge in [0.15, 0.2) is 0 Å². The van der Waals surface area contributed by atoms with E-state index in [9.17, 15) is 4.79 Å². The molecule has 7 nitrogen and oxygen atoms in total. The predicted molar refractivity (Wildman–Crippen MR) is 89.0 cm³/mol. The Morgan fingerprint density at radius 2 is 2.04 bits per heavy atom. The highest BCUT2D eigenvalue weighted by atomic mass is 35.5. The van der Waals surface area contributed by atoms with Crippen molar-refractivity contribution in [3.63, 3.8) is 0 Å². The lowest BCUT2D eigenvalue weighted by Crippen LogP contribution is -2.30. The quantitative estimate of drug-likeness (QED) is 0.709. The van der Waals surface area contributed by atoms with Crippen LogP contribution in [0.15, 0.2) is 48.8 Å². The van der Waals surface area contributed by atoms with Gasteiger partial charge in [-0.2, -0.15) is 4.80 Å². The average Bonchev–Trinajstić information content (AvgIpc) is 3.05. The topological polar surface area (TPSA) is 76.8 Å². The van der Waals surface area contributed by atoms with E-state index in [1.165, 1.54) is 4.80 Å². The zero-order valence-electron chi connectivity index (χ0n) is 13.0. The van der Waals surface area contributed by atoms with Gasteiger partial charge in [-0.25, -0.2) is 0 Å². The number of halogens is 1. The molecular formula is C16H15ClN6O. The summed E-state index contributed by atoms with van der Waals surface area (Å²) in [4.78, 5) is 19.2. The van der Waals surface area contributed by atoms with E-state index in [0.29, 0.717) is 17.4 Å². The summed E-state index contributed by atoms with van der Waals surface area (Å²) < 4.78 is 0. The van der Waals surface area contributed by atoms with Crippen molar-refractivity contribution in [2.45, 2.75) is 13.1 Å². The molecule has 122 valence electrons.